The van der Waals surface area contributed by atoms with Crippen molar-refractivity contribution in [3.8, 4) is 5.75 Å². The molecule has 0 bridgehead atoms. The van der Waals surface area contributed by atoms with Crippen molar-refractivity contribution in [3.05, 3.63) is 48.0 Å². The summed E-state index contributed by atoms with van der Waals surface area (Å²) >= 11 is 0. The van der Waals surface area contributed by atoms with Crippen molar-refractivity contribution in [1.82, 2.24) is 10.2 Å². The monoisotopic (exact) mass is 621 g/mol. The number of amides is 2. The van der Waals surface area contributed by atoms with Crippen LogP contribution in [0.3, 0.4) is 0 Å². The molecule has 0 unspecified atom stereocenters. The number of carbonyl (C=O) groups is 2. The average molecular weight is 622 g/mol. The minimum absolute atomic E-state index is 0.0152. The number of methoxy groups -OCH3 is 1. The standard InChI is InChI=1S/C37H59N5O3/c1-5-6-7-8-9-10-11-12-13-14-15-21-36(43)39-31-22-23-33(32(30-31)37(44)38-24-18-25-40(2)3)41-26-28-42(29-27-41)34-19-16-17-20-35(34)45-4/h16-17,19-20,22-23,30H,5-15,18,21,24-29H2,1-4H3,(H,38,44)(H,39,43). The molecule has 0 atom stereocenters. The zero-order chi connectivity index (χ0) is 32.3. The summed E-state index contributed by atoms with van der Waals surface area (Å²) in [5.74, 6) is 0.788. The number of hydrogen-bond donors (Lipinski definition) is 2. The van der Waals surface area contributed by atoms with Gasteiger partial charge in [-0.2, -0.15) is 0 Å². The van der Waals surface area contributed by atoms with Gasteiger partial charge in [0, 0.05) is 50.5 Å². The smallest absolute Gasteiger partial charge is 0.253 e. The third-order valence-corrected chi connectivity index (χ3v) is 8.65. The Morgan fingerprint density at radius 1 is 0.778 bits per heavy atom. The summed E-state index contributed by atoms with van der Waals surface area (Å²) in [6.45, 7) is 6.98. The van der Waals surface area contributed by atoms with Crippen molar-refractivity contribution in [2.45, 2.75) is 90.4 Å². The highest BCUT2D eigenvalue weighted by Gasteiger charge is 2.24. The SMILES string of the molecule is CCCCCCCCCCCCCC(=O)Nc1ccc(N2CCN(c3ccccc3OC)CC2)c(C(=O)NCCCN(C)C)c1. The van der Waals surface area contributed by atoms with Crippen LogP contribution in [0.15, 0.2) is 42.5 Å². The summed E-state index contributed by atoms with van der Waals surface area (Å²) in [6.07, 6.45) is 15.2. The van der Waals surface area contributed by atoms with E-state index in [4.69, 9.17) is 4.74 Å². The third-order valence-electron chi connectivity index (χ3n) is 8.65. The van der Waals surface area contributed by atoms with Gasteiger partial charge >= 0.3 is 0 Å². The van der Waals surface area contributed by atoms with Crippen molar-refractivity contribution >= 4 is 28.9 Å². The first-order chi connectivity index (χ1) is 21.9. The molecule has 1 fully saturated rings. The maximum Gasteiger partial charge on any atom is 0.253 e. The first-order valence-corrected chi connectivity index (χ1v) is 17.4. The molecule has 0 radical (unpaired) electrons. The van der Waals surface area contributed by atoms with Gasteiger partial charge in [0.05, 0.1) is 18.4 Å². The van der Waals surface area contributed by atoms with E-state index in [1.165, 1.54) is 57.8 Å². The van der Waals surface area contributed by atoms with Crippen LogP contribution in [0.5, 0.6) is 5.75 Å². The molecule has 1 aliphatic rings. The van der Waals surface area contributed by atoms with E-state index >= 15 is 0 Å². The number of para-hydroxylation sites is 2. The van der Waals surface area contributed by atoms with E-state index in [9.17, 15) is 9.59 Å². The van der Waals surface area contributed by atoms with E-state index in [0.29, 0.717) is 24.2 Å². The van der Waals surface area contributed by atoms with Gasteiger partial charge in [0.1, 0.15) is 5.75 Å². The molecule has 0 aliphatic carbocycles. The van der Waals surface area contributed by atoms with Gasteiger partial charge in [-0.05, 0) is 63.8 Å². The van der Waals surface area contributed by atoms with Crippen molar-refractivity contribution in [1.29, 1.82) is 0 Å². The number of benzene rings is 2. The number of anilines is 3. The van der Waals surface area contributed by atoms with Gasteiger partial charge < -0.3 is 30.1 Å². The summed E-state index contributed by atoms with van der Waals surface area (Å²) in [4.78, 5) is 33.0. The van der Waals surface area contributed by atoms with E-state index in [0.717, 1.165) is 69.1 Å². The Morgan fingerprint density at radius 2 is 1.38 bits per heavy atom. The molecule has 250 valence electrons. The summed E-state index contributed by atoms with van der Waals surface area (Å²) in [5.41, 5.74) is 3.29. The first-order valence-electron chi connectivity index (χ1n) is 17.4. The normalized spacial score (nSPS) is 13.3. The van der Waals surface area contributed by atoms with E-state index in [-0.39, 0.29) is 11.8 Å². The van der Waals surface area contributed by atoms with Gasteiger partial charge in [-0.3, -0.25) is 9.59 Å². The van der Waals surface area contributed by atoms with Crippen molar-refractivity contribution in [3.63, 3.8) is 0 Å². The summed E-state index contributed by atoms with van der Waals surface area (Å²) in [5, 5.41) is 6.17. The second kappa shape index (κ2) is 20.7. The van der Waals surface area contributed by atoms with Gasteiger partial charge in [-0.25, -0.2) is 0 Å². The Hall–Kier alpha value is -3.26. The van der Waals surface area contributed by atoms with Crippen LogP contribution in [-0.4, -0.2) is 77.2 Å². The topological polar surface area (TPSA) is 77.1 Å². The molecular weight excluding hydrogens is 562 g/mol. The highest BCUT2D eigenvalue weighted by Crippen LogP contribution is 2.31. The van der Waals surface area contributed by atoms with Gasteiger partial charge in [0.2, 0.25) is 5.91 Å². The fraction of sp³-hybridized carbons (Fsp3) is 0.622. The molecule has 0 spiro atoms. The number of nitrogens with one attached hydrogen (secondary N) is 2. The molecule has 2 amide bonds. The number of ether oxygens (including phenoxy) is 1. The van der Waals surface area contributed by atoms with Crippen LogP contribution in [-0.2, 0) is 4.79 Å². The summed E-state index contributed by atoms with van der Waals surface area (Å²) in [7, 11) is 5.78. The van der Waals surface area contributed by atoms with E-state index in [1.54, 1.807) is 7.11 Å². The highest BCUT2D eigenvalue weighted by atomic mass is 16.5. The molecule has 45 heavy (non-hydrogen) atoms. The maximum absolute atomic E-state index is 13.5. The number of piperazine rings is 1. The fourth-order valence-corrected chi connectivity index (χ4v) is 6.02. The third kappa shape index (κ3) is 12.9. The number of unbranched alkanes of at least 4 members (excludes halogenated alkanes) is 10. The maximum atomic E-state index is 13.5. The Kier molecular flexibility index (Phi) is 16.7. The lowest BCUT2D eigenvalue weighted by atomic mass is 10.1. The van der Waals surface area contributed by atoms with Crippen LogP contribution in [0, 0.1) is 0 Å². The lowest BCUT2D eigenvalue weighted by Gasteiger charge is -2.38. The number of rotatable bonds is 21. The molecular formula is C37H59N5O3. The zero-order valence-corrected chi connectivity index (χ0v) is 28.5. The molecule has 2 N–H and O–H groups in total. The van der Waals surface area contributed by atoms with E-state index in [1.807, 2.05) is 50.5 Å². The van der Waals surface area contributed by atoms with E-state index in [2.05, 4.69) is 38.3 Å². The molecule has 8 heteroatoms. The molecule has 3 rings (SSSR count). The highest BCUT2D eigenvalue weighted by molar-refractivity contribution is 6.02. The molecule has 1 aliphatic heterocycles. The molecule has 8 nitrogen and oxygen atoms in total. The Morgan fingerprint density at radius 3 is 2.00 bits per heavy atom. The second-order valence-electron chi connectivity index (χ2n) is 12.6. The average Bonchev–Trinajstić information content (AvgIpc) is 3.05. The summed E-state index contributed by atoms with van der Waals surface area (Å²) < 4.78 is 5.59. The van der Waals surface area contributed by atoms with Crippen LogP contribution in [0.2, 0.25) is 0 Å². The number of carbonyl (C=O) groups excluding carboxylic acids is 2. The Balaban J connectivity index is 1.54. The predicted octanol–water partition coefficient (Wildman–Crippen LogP) is 7.34. The van der Waals surface area contributed by atoms with Crippen LogP contribution in [0.25, 0.3) is 0 Å². The predicted molar refractivity (Wildman–Crippen MR) is 189 cm³/mol. The quantitative estimate of drug-likeness (QED) is 0.142. The molecule has 0 aromatic heterocycles. The molecule has 1 saturated heterocycles. The second-order valence-corrected chi connectivity index (χ2v) is 12.6. The van der Waals surface area contributed by atoms with Crippen molar-refractivity contribution in [2.24, 2.45) is 0 Å². The molecule has 1 heterocycles. The Bertz CT molecular complexity index is 1150. The van der Waals surface area contributed by atoms with Gasteiger partial charge in [-0.15, -0.1) is 0 Å². The molecule has 2 aromatic rings. The largest absolute Gasteiger partial charge is 0.495 e. The van der Waals surface area contributed by atoms with Crippen LogP contribution >= 0.6 is 0 Å². The first kappa shape index (κ1) is 36.2. The number of nitrogens with zero attached hydrogens (tertiary/aromatic N) is 3. The lowest BCUT2D eigenvalue weighted by molar-refractivity contribution is -0.116. The van der Waals surface area contributed by atoms with Gasteiger partial charge in [0.15, 0.2) is 0 Å². The number of hydrogen-bond acceptors (Lipinski definition) is 6. The van der Waals surface area contributed by atoms with Crippen molar-refractivity contribution in [2.75, 3.05) is 75.6 Å². The fourth-order valence-electron chi connectivity index (χ4n) is 6.02. The van der Waals surface area contributed by atoms with Crippen LogP contribution < -0.4 is 25.2 Å². The van der Waals surface area contributed by atoms with Crippen LogP contribution in [0.4, 0.5) is 17.1 Å². The lowest BCUT2D eigenvalue weighted by Crippen LogP contribution is -2.47. The molecule has 0 saturated carbocycles. The Labute approximate surface area is 272 Å². The molecule has 2 aromatic carbocycles. The van der Waals surface area contributed by atoms with E-state index < -0.39 is 0 Å². The zero-order valence-electron chi connectivity index (χ0n) is 28.5. The van der Waals surface area contributed by atoms with Gasteiger partial charge in [-0.1, -0.05) is 83.3 Å². The minimum Gasteiger partial charge on any atom is -0.495 e. The van der Waals surface area contributed by atoms with Gasteiger partial charge in [0.25, 0.3) is 5.91 Å². The van der Waals surface area contributed by atoms with Crippen LogP contribution in [0.1, 0.15) is 101 Å². The minimum atomic E-state index is -0.0997. The summed E-state index contributed by atoms with van der Waals surface area (Å²) in [6, 6.07) is 13.9. The van der Waals surface area contributed by atoms with Crippen molar-refractivity contribution < 1.29 is 14.3 Å².